The van der Waals surface area contributed by atoms with Gasteiger partial charge in [-0.2, -0.15) is 11.3 Å². The van der Waals surface area contributed by atoms with E-state index in [1.54, 1.807) is 11.0 Å². The van der Waals surface area contributed by atoms with Crippen molar-refractivity contribution in [1.29, 1.82) is 0 Å². The van der Waals surface area contributed by atoms with E-state index in [9.17, 15) is 19.1 Å². The molecule has 1 fully saturated rings. The molecule has 4 nitrogen and oxygen atoms in total. The van der Waals surface area contributed by atoms with Gasteiger partial charge in [-0.3, -0.25) is 9.59 Å². The van der Waals surface area contributed by atoms with Gasteiger partial charge in [0.2, 0.25) is 5.91 Å². The third-order valence-corrected chi connectivity index (χ3v) is 5.14. The number of carboxylic acids is 1. The molecule has 24 heavy (non-hydrogen) atoms. The minimum Gasteiger partial charge on any atom is -0.481 e. The molecule has 0 saturated carbocycles. The molecule has 2 atom stereocenters. The molecule has 1 aliphatic heterocycles. The van der Waals surface area contributed by atoms with Crippen molar-refractivity contribution in [2.75, 3.05) is 6.54 Å². The first-order valence-electron chi connectivity index (χ1n) is 7.85. The number of carbonyl (C=O) groups excluding carboxylic acids is 1. The molecule has 3 rings (SSSR count). The Balaban J connectivity index is 1.84. The fourth-order valence-electron chi connectivity index (χ4n) is 3.27. The van der Waals surface area contributed by atoms with Crippen LogP contribution in [0.25, 0.3) is 0 Å². The fraction of sp³-hybridized carbons (Fsp3) is 0.333. The standard InChI is InChI=1S/C18H18FNO3S/c19-14-3-1-2-12(10-14)6-8-20-16(21)5-4-15(18(22)23)17(20)13-7-9-24-11-13/h1-3,7,9-11,15,17H,4-6,8H2,(H,22,23). The monoisotopic (exact) mass is 347 g/mol. The van der Waals surface area contributed by atoms with Gasteiger partial charge in [0.1, 0.15) is 5.82 Å². The zero-order valence-electron chi connectivity index (χ0n) is 13.0. The quantitative estimate of drug-likeness (QED) is 0.901. The third-order valence-electron chi connectivity index (χ3n) is 4.44. The molecule has 0 spiro atoms. The Morgan fingerprint density at radius 3 is 2.88 bits per heavy atom. The van der Waals surface area contributed by atoms with Gasteiger partial charge in [-0.05, 0) is 52.9 Å². The van der Waals surface area contributed by atoms with E-state index in [1.807, 2.05) is 22.9 Å². The van der Waals surface area contributed by atoms with Gasteiger partial charge in [0.05, 0.1) is 12.0 Å². The second kappa shape index (κ2) is 7.13. The Morgan fingerprint density at radius 2 is 2.21 bits per heavy atom. The summed E-state index contributed by atoms with van der Waals surface area (Å²) in [5, 5.41) is 13.3. The lowest BCUT2D eigenvalue weighted by Crippen LogP contribution is -2.46. The van der Waals surface area contributed by atoms with Crippen molar-refractivity contribution in [2.45, 2.75) is 25.3 Å². The summed E-state index contributed by atoms with van der Waals surface area (Å²) < 4.78 is 13.3. The summed E-state index contributed by atoms with van der Waals surface area (Å²) in [4.78, 5) is 25.7. The number of benzene rings is 1. The first-order valence-corrected chi connectivity index (χ1v) is 8.79. The van der Waals surface area contributed by atoms with E-state index >= 15 is 0 Å². The number of carboxylic acid groups (broad SMARTS) is 1. The van der Waals surface area contributed by atoms with Crippen molar-refractivity contribution in [3.05, 3.63) is 58.0 Å². The van der Waals surface area contributed by atoms with Crippen molar-refractivity contribution in [3.8, 4) is 0 Å². The average molecular weight is 347 g/mol. The zero-order chi connectivity index (χ0) is 17.1. The van der Waals surface area contributed by atoms with Gasteiger partial charge >= 0.3 is 5.97 Å². The lowest BCUT2D eigenvalue weighted by atomic mass is 9.85. The summed E-state index contributed by atoms with van der Waals surface area (Å²) in [5.41, 5.74) is 1.66. The van der Waals surface area contributed by atoms with E-state index in [-0.39, 0.29) is 18.1 Å². The first-order chi connectivity index (χ1) is 11.6. The highest BCUT2D eigenvalue weighted by Gasteiger charge is 2.40. The molecule has 0 bridgehead atoms. The molecular weight excluding hydrogens is 329 g/mol. The lowest BCUT2D eigenvalue weighted by molar-refractivity contribution is -0.152. The number of piperidine rings is 1. The molecule has 0 radical (unpaired) electrons. The van der Waals surface area contributed by atoms with Gasteiger partial charge in [-0.15, -0.1) is 0 Å². The maximum atomic E-state index is 13.3. The molecule has 0 aliphatic carbocycles. The number of carbonyl (C=O) groups is 2. The minimum absolute atomic E-state index is 0.0416. The van der Waals surface area contributed by atoms with Crippen molar-refractivity contribution in [2.24, 2.45) is 5.92 Å². The highest BCUT2D eigenvalue weighted by molar-refractivity contribution is 7.08. The molecule has 2 unspecified atom stereocenters. The number of likely N-dealkylation sites (tertiary alicyclic amines) is 1. The molecule has 1 aromatic carbocycles. The van der Waals surface area contributed by atoms with Gasteiger partial charge in [-0.1, -0.05) is 12.1 Å². The van der Waals surface area contributed by atoms with E-state index in [2.05, 4.69) is 0 Å². The van der Waals surface area contributed by atoms with Gasteiger partial charge in [-0.25, -0.2) is 4.39 Å². The predicted molar refractivity (Wildman–Crippen MR) is 89.2 cm³/mol. The number of thiophene rings is 1. The van der Waals surface area contributed by atoms with Crippen LogP contribution in [0, 0.1) is 11.7 Å². The summed E-state index contributed by atoms with van der Waals surface area (Å²) in [5.74, 6) is -1.84. The number of halogens is 1. The molecular formula is C18H18FNO3S. The summed E-state index contributed by atoms with van der Waals surface area (Å²) >= 11 is 1.49. The maximum Gasteiger partial charge on any atom is 0.308 e. The van der Waals surface area contributed by atoms with Crippen molar-refractivity contribution < 1.29 is 19.1 Å². The largest absolute Gasteiger partial charge is 0.481 e. The number of nitrogens with zero attached hydrogens (tertiary/aromatic N) is 1. The Hall–Kier alpha value is -2.21. The maximum absolute atomic E-state index is 13.3. The first kappa shape index (κ1) is 16.6. The predicted octanol–water partition coefficient (Wildman–Crippen LogP) is 3.49. The molecule has 2 aromatic rings. The average Bonchev–Trinajstić information content (AvgIpc) is 3.07. The Morgan fingerprint density at radius 1 is 1.38 bits per heavy atom. The van der Waals surface area contributed by atoms with Gasteiger partial charge in [0.25, 0.3) is 0 Å². The number of aliphatic carboxylic acids is 1. The Labute approximate surface area is 143 Å². The fourth-order valence-corrected chi connectivity index (χ4v) is 3.96. The molecule has 1 aromatic heterocycles. The summed E-state index contributed by atoms with van der Waals surface area (Å²) in [6, 6.07) is 7.69. The molecule has 126 valence electrons. The van der Waals surface area contributed by atoms with Crippen LogP contribution in [0.1, 0.15) is 30.0 Å². The van der Waals surface area contributed by atoms with Gasteiger partial charge in [0, 0.05) is 13.0 Å². The summed E-state index contributed by atoms with van der Waals surface area (Å²) in [7, 11) is 0. The third kappa shape index (κ3) is 3.48. The molecule has 2 heterocycles. The van der Waals surface area contributed by atoms with Crippen LogP contribution in [0.2, 0.25) is 0 Å². The lowest BCUT2D eigenvalue weighted by Gasteiger charge is -2.39. The van der Waals surface area contributed by atoms with Crippen molar-refractivity contribution >= 4 is 23.2 Å². The van der Waals surface area contributed by atoms with Crippen LogP contribution in [-0.4, -0.2) is 28.4 Å². The smallest absolute Gasteiger partial charge is 0.308 e. The van der Waals surface area contributed by atoms with Crippen LogP contribution in [-0.2, 0) is 16.0 Å². The SMILES string of the molecule is O=C(O)C1CCC(=O)N(CCc2cccc(F)c2)C1c1ccsc1. The number of hydrogen-bond donors (Lipinski definition) is 1. The normalized spacial score (nSPS) is 21.0. The van der Waals surface area contributed by atoms with Crippen LogP contribution in [0.4, 0.5) is 4.39 Å². The number of rotatable bonds is 5. The van der Waals surface area contributed by atoms with Gasteiger partial charge < -0.3 is 10.0 Å². The highest BCUT2D eigenvalue weighted by atomic mass is 32.1. The van der Waals surface area contributed by atoms with Crippen LogP contribution >= 0.6 is 11.3 Å². The second-order valence-corrected chi connectivity index (χ2v) is 6.73. The number of amides is 1. The minimum atomic E-state index is -0.880. The van der Waals surface area contributed by atoms with Crippen LogP contribution < -0.4 is 0 Å². The van der Waals surface area contributed by atoms with Gasteiger partial charge in [0.15, 0.2) is 0 Å². The van der Waals surface area contributed by atoms with E-state index < -0.39 is 17.9 Å². The Kier molecular flexibility index (Phi) is 4.94. The topological polar surface area (TPSA) is 57.6 Å². The molecule has 6 heteroatoms. The van der Waals surface area contributed by atoms with E-state index in [0.29, 0.717) is 19.4 Å². The van der Waals surface area contributed by atoms with E-state index in [1.165, 1.54) is 23.5 Å². The number of hydrogen-bond acceptors (Lipinski definition) is 3. The zero-order valence-corrected chi connectivity index (χ0v) is 13.8. The summed E-state index contributed by atoms with van der Waals surface area (Å²) in [6.07, 6.45) is 1.09. The summed E-state index contributed by atoms with van der Waals surface area (Å²) in [6.45, 7) is 0.382. The van der Waals surface area contributed by atoms with Crippen molar-refractivity contribution in [1.82, 2.24) is 4.90 Å². The van der Waals surface area contributed by atoms with Crippen LogP contribution in [0.5, 0.6) is 0 Å². The van der Waals surface area contributed by atoms with E-state index in [4.69, 9.17) is 0 Å². The highest BCUT2D eigenvalue weighted by Crippen LogP contribution is 2.37. The Bertz CT molecular complexity index is 732. The van der Waals surface area contributed by atoms with E-state index in [0.717, 1.165) is 11.1 Å². The second-order valence-electron chi connectivity index (χ2n) is 5.95. The molecule has 1 saturated heterocycles. The van der Waals surface area contributed by atoms with Crippen LogP contribution in [0.15, 0.2) is 41.1 Å². The molecule has 1 aliphatic rings. The molecule has 1 N–H and O–H groups in total. The van der Waals surface area contributed by atoms with Crippen LogP contribution in [0.3, 0.4) is 0 Å². The molecule has 1 amide bonds. The van der Waals surface area contributed by atoms with Crippen molar-refractivity contribution in [3.63, 3.8) is 0 Å².